The van der Waals surface area contributed by atoms with E-state index >= 15 is 0 Å². The van der Waals surface area contributed by atoms with Crippen molar-refractivity contribution in [2.45, 2.75) is 71.4 Å². The molecule has 1 unspecified atom stereocenters. The highest BCUT2D eigenvalue weighted by Gasteiger charge is 2.10. The molecule has 0 aliphatic heterocycles. The zero-order chi connectivity index (χ0) is 13.5. The first kappa shape index (κ1) is 18.5. The first-order valence-electron chi connectivity index (χ1n) is 6.57. The summed E-state index contributed by atoms with van der Waals surface area (Å²) >= 11 is 0. The predicted octanol–water partition coefficient (Wildman–Crippen LogP) is 4.14. The molecule has 0 heterocycles. The van der Waals surface area contributed by atoms with E-state index in [-0.39, 0.29) is 5.78 Å². The Labute approximate surface area is 105 Å². The molecule has 0 aliphatic rings. The molecule has 0 fully saturated rings. The SMILES string of the molecule is C=CN.CCCCCCCCCC(F)C(C)=O. The Morgan fingerprint density at radius 3 is 2.06 bits per heavy atom. The van der Waals surface area contributed by atoms with E-state index < -0.39 is 6.17 Å². The molecule has 1 atom stereocenters. The predicted molar refractivity (Wildman–Crippen MR) is 72.6 cm³/mol. The fraction of sp³-hybridized carbons (Fsp3) is 0.786. The Balaban J connectivity index is 0. The summed E-state index contributed by atoms with van der Waals surface area (Å²) in [4.78, 5) is 10.6. The highest BCUT2D eigenvalue weighted by Crippen LogP contribution is 2.11. The molecule has 2 N–H and O–H groups in total. The largest absolute Gasteiger partial charge is 0.405 e. The number of hydrogen-bond donors (Lipinski definition) is 1. The summed E-state index contributed by atoms with van der Waals surface area (Å²) in [7, 11) is 0. The van der Waals surface area contributed by atoms with Crippen molar-refractivity contribution in [2.24, 2.45) is 5.73 Å². The number of halogens is 1. The lowest BCUT2D eigenvalue weighted by atomic mass is 10.1. The molecule has 0 aromatic carbocycles. The van der Waals surface area contributed by atoms with Gasteiger partial charge in [-0.3, -0.25) is 4.79 Å². The van der Waals surface area contributed by atoms with Gasteiger partial charge in [-0.2, -0.15) is 0 Å². The fourth-order valence-electron chi connectivity index (χ4n) is 1.48. The van der Waals surface area contributed by atoms with Gasteiger partial charge in [-0.1, -0.05) is 58.4 Å². The van der Waals surface area contributed by atoms with E-state index in [0.29, 0.717) is 6.42 Å². The van der Waals surface area contributed by atoms with Gasteiger partial charge in [-0.15, -0.1) is 0 Å². The maximum Gasteiger partial charge on any atom is 0.163 e. The summed E-state index contributed by atoms with van der Waals surface area (Å²) in [6.45, 7) is 6.66. The van der Waals surface area contributed by atoms with Gasteiger partial charge in [0.2, 0.25) is 0 Å². The second-order valence-corrected chi connectivity index (χ2v) is 4.22. The number of ketones is 1. The lowest BCUT2D eigenvalue weighted by Gasteiger charge is -2.03. The topological polar surface area (TPSA) is 43.1 Å². The highest BCUT2D eigenvalue weighted by atomic mass is 19.1. The Hall–Kier alpha value is -0.860. The molecule has 0 rings (SSSR count). The molecule has 0 aromatic heterocycles. The Kier molecular flexibility index (Phi) is 16.5. The van der Waals surface area contributed by atoms with Crippen molar-refractivity contribution in [3.05, 3.63) is 12.8 Å². The van der Waals surface area contributed by atoms with Crippen molar-refractivity contribution < 1.29 is 9.18 Å². The maximum atomic E-state index is 12.8. The van der Waals surface area contributed by atoms with Gasteiger partial charge in [0, 0.05) is 0 Å². The van der Waals surface area contributed by atoms with Crippen LogP contribution in [0.2, 0.25) is 0 Å². The second kappa shape index (κ2) is 15.1. The third-order valence-corrected chi connectivity index (χ3v) is 2.50. The van der Waals surface area contributed by atoms with Crippen LogP contribution in [0.5, 0.6) is 0 Å². The lowest BCUT2D eigenvalue weighted by molar-refractivity contribution is -0.121. The zero-order valence-electron chi connectivity index (χ0n) is 11.4. The highest BCUT2D eigenvalue weighted by molar-refractivity contribution is 5.80. The fourth-order valence-corrected chi connectivity index (χ4v) is 1.48. The van der Waals surface area contributed by atoms with Gasteiger partial charge in [0.1, 0.15) is 0 Å². The van der Waals surface area contributed by atoms with Gasteiger partial charge in [0.05, 0.1) is 0 Å². The Morgan fingerprint density at radius 2 is 1.65 bits per heavy atom. The van der Waals surface area contributed by atoms with Crippen LogP contribution >= 0.6 is 0 Å². The summed E-state index contributed by atoms with van der Waals surface area (Å²) in [6.07, 6.45) is 8.67. The molecule has 0 radical (unpaired) electrons. The number of Topliss-reactive ketones (excluding diaryl/α,β-unsaturated/α-hetero) is 1. The number of hydrogen-bond acceptors (Lipinski definition) is 2. The van der Waals surface area contributed by atoms with Crippen molar-refractivity contribution in [3.63, 3.8) is 0 Å². The number of rotatable bonds is 9. The number of carbonyl (C=O) groups excluding carboxylic acids is 1. The van der Waals surface area contributed by atoms with Crippen molar-refractivity contribution in [3.8, 4) is 0 Å². The van der Waals surface area contributed by atoms with E-state index in [2.05, 4.69) is 19.2 Å². The molecule has 102 valence electrons. The summed E-state index contributed by atoms with van der Waals surface area (Å²) < 4.78 is 12.8. The molecular weight excluding hydrogens is 217 g/mol. The summed E-state index contributed by atoms with van der Waals surface area (Å²) in [5.74, 6) is -0.323. The maximum absolute atomic E-state index is 12.8. The quantitative estimate of drug-likeness (QED) is 0.620. The molecule has 3 heteroatoms. The van der Waals surface area contributed by atoms with Crippen LogP contribution in [0.3, 0.4) is 0 Å². The van der Waals surface area contributed by atoms with Gasteiger partial charge in [0.25, 0.3) is 0 Å². The number of alkyl halides is 1. The van der Waals surface area contributed by atoms with Crippen LogP contribution in [0.1, 0.15) is 65.2 Å². The van der Waals surface area contributed by atoms with Crippen LogP contribution < -0.4 is 5.73 Å². The first-order valence-corrected chi connectivity index (χ1v) is 6.57. The van der Waals surface area contributed by atoms with Crippen LogP contribution in [0.4, 0.5) is 4.39 Å². The van der Waals surface area contributed by atoms with E-state index in [1.165, 1.54) is 45.2 Å². The third-order valence-electron chi connectivity index (χ3n) is 2.50. The summed E-state index contributed by atoms with van der Waals surface area (Å²) in [5.41, 5.74) is 4.61. The van der Waals surface area contributed by atoms with E-state index in [1.54, 1.807) is 0 Å². The van der Waals surface area contributed by atoms with Crippen LogP contribution in [0, 0.1) is 0 Å². The van der Waals surface area contributed by atoms with Gasteiger partial charge in [-0.05, 0) is 19.5 Å². The van der Waals surface area contributed by atoms with Gasteiger partial charge in [-0.25, -0.2) is 4.39 Å². The number of carbonyl (C=O) groups is 1. The minimum Gasteiger partial charge on any atom is -0.405 e. The molecule has 17 heavy (non-hydrogen) atoms. The smallest absolute Gasteiger partial charge is 0.163 e. The molecule has 2 nitrogen and oxygen atoms in total. The van der Waals surface area contributed by atoms with Crippen molar-refractivity contribution in [2.75, 3.05) is 0 Å². The molecule has 0 aliphatic carbocycles. The van der Waals surface area contributed by atoms with E-state index in [1.807, 2.05) is 0 Å². The van der Waals surface area contributed by atoms with Crippen molar-refractivity contribution in [1.29, 1.82) is 0 Å². The summed E-state index contributed by atoms with van der Waals surface area (Å²) in [6, 6.07) is 0. The van der Waals surface area contributed by atoms with E-state index in [9.17, 15) is 9.18 Å². The van der Waals surface area contributed by atoms with E-state index in [0.717, 1.165) is 12.8 Å². The summed E-state index contributed by atoms with van der Waals surface area (Å²) in [5, 5.41) is 0. The van der Waals surface area contributed by atoms with E-state index in [4.69, 9.17) is 0 Å². The molecule has 0 saturated carbocycles. The van der Waals surface area contributed by atoms with Crippen LogP contribution in [-0.4, -0.2) is 12.0 Å². The number of unbranched alkanes of at least 4 members (excludes halogenated alkanes) is 6. The van der Waals surface area contributed by atoms with Crippen molar-refractivity contribution in [1.82, 2.24) is 0 Å². The minimum absolute atomic E-state index is 0.323. The Bertz CT molecular complexity index is 183. The number of nitrogens with two attached hydrogens (primary N) is 1. The Morgan fingerprint density at radius 1 is 1.24 bits per heavy atom. The average Bonchev–Trinajstić information content (AvgIpc) is 2.28. The monoisotopic (exact) mass is 245 g/mol. The van der Waals surface area contributed by atoms with Gasteiger partial charge < -0.3 is 5.73 Å². The first-order chi connectivity index (χ1) is 8.09. The average molecular weight is 245 g/mol. The van der Waals surface area contributed by atoms with Gasteiger partial charge in [0.15, 0.2) is 12.0 Å². The third kappa shape index (κ3) is 17.7. The molecule has 0 aromatic rings. The molecule has 0 bridgehead atoms. The van der Waals surface area contributed by atoms with Crippen molar-refractivity contribution >= 4 is 5.78 Å². The normalized spacial score (nSPS) is 11.2. The molecule has 0 saturated heterocycles. The lowest BCUT2D eigenvalue weighted by Crippen LogP contribution is -2.10. The van der Waals surface area contributed by atoms with Crippen LogP contribution in [-0.2, 0) is 4.79 Å². The second-order valence-electron chi connectivity index (χ2n) is 4.22. The van der Waals surface area contributed by atoms with Gasteiger partial charge >= 0.3 is 0 Å². The molecule has 0 spiro atoms. The zero-order valence-corrected chi connectivity index (χ0v) is 11.4. The van der Waals surface area contributed by atoms with Crippen LogP contribution in [0.25, 0.3) is 0 Å². The standard InChI is InChI=1S/C12H23FO.C2H5N/c1-3-4-5-6-7-8-9-10-12(13)11(2)14;1-2-3/h12H,3-10H2,1-2H3;2H,1,3H2. The molecular formula is C14H28FNO. The van der Waals surface area contributed by atoms with Crippen LogP contribution in [0.15, 0.2) is 12.8 Å². The molecule has 0 amide bonds. The minimum atomic E-state index is -1.22.